The molecule has 0 radical (unpaired) electrons. The lowest BCUT2D eigenvalue weighted by Gasteiger charge is -2.14. The molecule has 0 spiro atoms. The van der Waals surface area contributed by atoms with Gasteiger partial charge in [-0.05, 0) is 57.7 Å². The number of benzene rings is 2. The van der Waals surface area contributed by atoms with E-state index in [0.29, 0.717) is 20.9 Å². The molecule has 1 nitrogen and oxygen atoms in total. The van der Waals surface area contributed by atoms with Crippen LogP contribution in [0.2, 0.25) is 0 Å². The zero-order chi connectivity index (χ0) is 14.0. The fraction of sp³-hybridized carbons (Fsp3) is 0.143. The Kier molecular flexibility index (Phi) is 4.71. The zero-order valence-corrected chi connectivity index (χ0v) is 13.0. The van der Waals surface area contributed by atoms with Crippen molar-refractivity contribution in [2.45, 2.75) is 12.5 Å². The number of hydrogen-bond acceptors (Lipinski definition) is 1. The maximum atomic E-state index is 13.4. The van der Waals surface area contributed by atoms with Crippen molar-refractivity contribution >= 4 is 31.9 Å². The van der Waals surface area contributed by atoms with E-state index in [-0.39, 0.29) is 17.7 Å². The Morgan fingerprint density at radius 3 is 2.37 bits per heavy atom. The van der Waals surface area contributed by atoms with Crippen LogP contribution in [0.3, 0.4) is 0 Å². The van der Waals surface area contributed by atoms with Gasteiger partial charge in [0.1, 0.15) is 11.6 Å². The molecule has 1 atom stereocenters. The highest BCUT2D eigenvalue weighted by Crippen LogP contribution is 2.25. The summed E-state index contributed by atoms with van der Waals surface area (Å²) in [5.74, 6) is -0.648. The van der Waals surface area contributed by atoms with Crippen LogP contribution in [0.1, 0.15) is 17.2 Å². The third-order valence-corrected chi connectivity index (χ3v) is 4.21. The van der Waals surface area contributed by atoms with Crippen LogP contribution >= 0.6 is 31.9 Å². The summed E-state index contributed by atoms with van der Waals surface area (Å²) < 4.78 is 27.5. The maximum absolute atomic E-state index is 13.4. The second-order valence-electron chi connectivity index (χ2n) is 4.22. The average molecular weight is 391 g/mol. The number of halogens is 4. The van der Waals surface area contributed by atoms with E-state index in [0.717, 1.165) is 5.56 Å². The van der Waals surface area contributed by atoms with Gasteiger partial charge in [-0.25, -0.2) is 8.78 Å². The highest BCUT2D eigenvalue weighted by atomic mass is 79.9. The molecule has 0 bridgehead atoms. The van der Waals surface area contributed by atoms with Crippen LogP contribution in [-0.2, 0) is 6.42 Å². The first-order valence-corrected chi connectivity index (χ1v) is 7.20. The normalized spacial score (nSPS) is 12.5. The smallest absolute Gasteiger partial charge is 0.137 e. The van der Waals surface area contributed by atoms with E-state index in [9.17, 15) is 8.78 Å². The van der Waals surface area contributed by atoms with Crippen molar-refractivity contribution in [3.63, 3.8) is 0 Å². The summed E-state index contributed by atoms with van der Waals surface area (Å²) in [5.41, 5.74) is 7.65. The molecule has 2 aromatic carbocycles. The largest absolute Gasteiger partial charge is 0.324 e. The standard InChI is InChI=1S/C14H11Br2F2N/c15-11-4-2-9(5-13(11)18)14(19)6-8-1-3-10(17)7-12(8)16/h1-5,7,14H,6,19H2. The van der Waals surface area contributed by atoms with Gasteiger partial charge in [0.2, 0.25) is 0 Å². The van der Waals surface area contributed by atoms with Crippen LogP contribution in [-0.4, -0.2) is 0 Å². The fourth-order valence-electron chi connectivity index (χ4n) is 1.79. The predicted octanol–water partition coefficient (Wildman–Crippen LogP) is 4.73. The molecule has 5 heteroatoms. The van der Waals surface area contributed by atoms with Crippen molar-refractivity contribution in [3.8, 4) is 0 Å². The highest BCUT2D eigenvalue weighted by molar-refractivity contribution is 9.10. The first kappa shape index (κ1) is 14.6. The molecule has 2 N–H and O–H groups in total. The number of rotatable bonds is 3. The molecular weight excluding hydrogens is 380 g/mol. The molecule has 2 aromatic rings. The lowest BCUT2D eigenvalue weighted by molar-refractivity contribution is 0.611. The molecule has 100 valence electrons. The quantitative estimate of drug-likeness (QED) is 0.805. The van der Waals surface area contributed by atoms with Crippen LogP contribution < -0.4 is 5.73 Å². The topological polar surface area (TPSA) is 26.0 Å². The monoisotopic (exact) mass is 389 g/mol. The van der Waals surface area contributed by atoms with Gasteiger partial charge in [0, 0.05) is 10.5 Å². The van der Waals surface area contributed by atoms with Gasteiger partial charge in [-0.2, -0.15) is 0 Å². The van der Waals surface area contributed by atoms with E-state index in [4.69, 9.17) is 5.73 Å². The number of nitrogens with two attached hydrogens (primary N) is 1. The highest BCUT2D eigenvalue weighted by Gasteiger charge is 2.12. The van der Waals surface area contributed by atoms with Gasteiger partial charge in [-0.15, -0.1) is 0 Å². The fourth-order valence-corrected chi connectivity index (χ4v) is 2.54. The second-order valence-corrected chi connectivity index (χ2v) is 5.93. The van der Waals surface area contributed by atoms with Crippen molar-refractivity contribution in [2.75, 3.05) is 0 Å². The van der Waals surface area contributed by atoms with E-state index in [1.165, 1.54) is 18.2 Å². The predicted molar refractivity (Wildman–Crippen MR) is 78.8 cm³/mol. The Balaban J connectivity index is 2.20. The van der Waals surface area contributed by atoms with Gasteiger partial charge in [0.15, 0.2) is 0 Å². The van der Waals surface area contributed by atoms with Crippen molar-refractivity contribution in [1.29, 1.82) is 0 Å². The van der Waals surface area contributed by atoms with Crippen LogP contribution in [0, 0.1) is 11.6 Å². The van der Waals surface area contributed by atoms with Gasteiger partial charge in [-0.3, -0.25) is 0 Å². The summed E-state index contributed by atoms with van der Waals surface area (Å²) in [6, 6.07) is 8.92. The van der Waals surface area contributed by atoms with E-state index in [1.807, 2.05) is 0 Å². The minimum absolute atomic E-state index is 0.307. The molecule has 0 heterocycles. The summed E-state index contributed by atoms with van der Waals surface area (Å²) >= 11 is 6.40. The Morgan fingerprint density at radius 2 is 1.74 bits per heavy atom. The minimum Gasteiger partial charge on any atom is -0.324 e. The second kappa shape index (κ2) is 6.11. The summed E-state index contributed by atoms with van der Waals surface area (Å²) in [6.07, 6.45) is 0.502. The third-order valence-electron chi connectivity index (χ3n) is 2.83. The van der Waals surface area contributed by atoms with Crippen LogP contribution in [0.15, 0.2) is 45.3 Å². The molecule has 0 aliphatic carbocycles. The van der Waals surface area contributed by atoms with E-state index >= 15 is 0 Å². The summed E-state index contributed by atoms with van der Waals surface area (Å²) in [4.78, 5) is 0. The first-order chi connectivity index (χ1) is 8.97. The van der Waals surface area contributed by atoms with Crippen LogP contribution in [0.5, 0.6) is 0 Å². The molecule has 0 saturated carbocycles. The Hall–Kier alpha value is -0.780. The third kappa shape index (κ3) is 3.61. The molecule has 1 unspecified atom stereocenters. The van der Waals surface area contributed by atoms with E-state index in [2.05, 4.69) is 31.9 Å². The van der Waals surface area contributed by atoms with Crippen LogP contribution in [0.25, 0.3) is 0 Å². The lowest BCUT2D eigenvalue weighted by Crippen LogP contribution is -2.14. The summed E-state index contributed by atoms with van der Waals surface area (Å²) in [5, 5.41) is 0. The minimum atomic E-state index is -0.343. The van der Waals surface area contributed by atoms with Crippen LogP contribution in [0.4, 0.5) is 8.78 Å². The molecule has 0 fully saturated rings. The zero-order valence-electron chi connectivity index (χ0n) is 9.84. The molecule has 2 rings (SSSR count). The van der Waals surface area contributed by atoms with Gasteiger partial charge < -0.3 is 5.73 Å². The van der Waals surface area contributed by atoms with E-state index in [1.54, 1.807) is 18.2 Å². The van der Waals surface area contributed by atoms with Crippen molar-refractivity contribution in [3.05, 3.63) is 68.1 Å². The van der Waals surface area contributed by atoms with Crippen molar-refractivity contribution in [1.82, 2.24) is 0 Å². The SMILES string of the molecule is NC(Cc1ccc(F)cc1Br)c1ccc(Br)c(F)c1. The molecule has 0 saturated heterocycles. The summed E-state index contributed by atoms with van der Waals surface area (Å²) in [7, 11) is 0. The van der Waals surface area contributed by atoms with Crippen molar-refractivity contribution < 1.29 is 8.78 Å². The Bertz CT molecular complexity index is 602. The van der Waals surface area contributed by atoms with Gasteiger partial charge in [0.25, 0.3) is 0 Å². The molecule has 0 aliphatic rings. The molecule has 0 aliphatic heterocycles. The maximum Gasteiger partial charge on any atom is 0.137 e. The molecule has 19 heavy (non-hydrogen) atoms. The van der Waals surface area contributed by atoms with Gasteiger partial charge >= 0.3 is 0 Å². The van der Waals surface area contributed by atoms with Gasteiger partial charge in [-0.1, -0.05) is 28.1 Å². The molecule has 0 amide bonds. The van der Waals surface area contributed by atoms with Crippen molar-refractivity contribution in [2.24, 2.45) is 5.73 Å². The Morgan fingerprint density at radius 1 is 1.00 bits per heavy atom. The average Bonchev–Trinajstić information content (AvgIpc) is 2.36. The number of hydrogen-bond donors (Lipinski definition) is 1. The lowest BCUT2D eigenvalue weighted by atomic mass is 10.00. The van der Waals surface area contributed by atoms with E-state index < -0.39 is 0 Å². The molecular formula is C14H11Br2F2N. The Labute approximate surface area is 127 Å². The summed E-state index contributed by atoms with van der Waals surface area (Å²) in [6.45, 7) is 0. The first-order valence-electron chi connectivity index (χ1n) is 5.62. The van der Waals surface area contributed by atoms with Gasteiger partial charge in [0.05, 0.1) is 4.47 Å². The molecule has 0 aromatic heterocycles.